The summed E-state index contributed by atoms with van der Waals surface area (Å²) in [6.07, 6.45) is 3.41. The van der Waals surface area contributed by atoms with E-state index in [-0.39, 0.29) is 17.9 Å². The van der Waals surface area contributed by atoms with E-state index >= 15 is 0 Å². The number of ether oxygens (including phenoxy) is 4. The summed E-state index contributed by atoms with van der Waals surface area (Å²) in [7, 11) is 3.25. The molecular formula is C23H35NO6. The van der Waals surface area contributed by atoms with Crippen LogP contribution in [-0.4, -0.2) is 45.9 Å². The summed E-state index contributed by atoms with van der Waals surface area (Å²) >= 11 is 0. The molecule has 30 heavy (non-hydrogen) atoms. The van der Waals surface area contributed by atoms with Crippen LogP contribution < -0.4 is 14.8 Å². The fraction of sp³-hybridized carbons (Fsp3) is 0.652. The van der Waals surface area contributed by atoms with Gasteiger partial charge < -0.3 is 24.3 Å². The maximum absolute atomic E-state index is 12.8. The summed E-state index contributed by atoms with van der Waals surface area (Å²) in [4.78, 5) is 25.1. The van der Waals surface area contributed by atoms with Crippen molar-refractivity contribution in [1.82, 2.24) is 5.32 Å². The topological polar surface area (TPSA) is 83.1 Å². The van der Waals surface area contributed by atoms with Crippen LogP contribution in [0.5, 0.6) is 11.5 Å². The summed E-state index contributed by atoms with van der Waals surface area (Å²) < 4.78 is 21.2. The van der Waals surface area contributed by atoms with E-state index < -0.39 is 5.41 Å². The molecule has 1 aliphatic carbocycles. The molecule has 1 N–H and O–H groups in total. The molecule has 1 saturated carbocycles. The van der Waals surface area contributed by atoms with Crippen LogP contribution in [0, 0.1) is 11.3 Å². The van der Waals surface area contributed by atoms with E-state index in [2.05, 4.69) is 5.32 Å². The molecule has 0 heterocycles. The summed E-state index contributed by atoms with van der Waals surface area (Å²) in [5.74, 6) is 0.814. The number of esters is 2. The highest BCUT2D eigenvalue weighted by molar-refractivity contribution is 5.79. The van der Waals surface area contributed by atoms with Crippen molar-refractivity contribution < 1.29 is 28.5 Å². The van der Waals surface area contributed by atoms with Gasteiger partial charge in [-0.1, -0.05) is 6.42 Å². The minimum absolute atomic E-state index is 0.205. The summed E-state index contributed by atoms with van der Waals surface area (Å²) in [5, 5.41) is 3.41. The van der Waals surface area contributed by atoms with Gasteiger partial charge in [0.2, 0.25) is 0 Å². The summed E-state index contributed by atoms with van der Waals surface area (Å²) in [6.45, 7) is 5.55. The van der Waals surface area contributed by atoms with Crippen LogP contribution in [0.2, 0.25) is 0 Å². The molecule has 1 aromatic carbocycles. The SMILES string of the molecule is CCOC(=O)[C@H]1CCC[C@](CCNCc2cc(OC)cc(OC)c2)(C(=O)OCC)C1. The largest absolute Gasteiger partial charge is 0.497 e. The standard InChI is InChI=1S/C23H35NO6/c1-5-29-21(25)18-8-7-9-23(15-18,22(26)30-6-2)10-11-24-16-17-12-19(27-3)14-20(13-17)28-4/h12-14,18,24H,5-11,15-16H2,1-4H3/t18-,23+/m0/s1. The Hall–Kier alpha value is -2.28. The first kappa shape index (κ1) is 24.0. The van der Waals surface area contributed by atoms with Crippen LogP contribution in [0.25, 0.3) is 0 Å². The van der Waals surface area contributed by atoms with Gasteiger partial charge in [0.1, 0.15) is 11.5 Å². The van der Waals surface area contributed by atoms with E-state index in [1.165, 1.54) is 0 Å². The second-order valence-electron chi connectivity index (χ2n) is 7.69. The van der Waals surface area contributed by atoms with Crippen molar-refractivity contribution in [3.63, 3.8) is 0 Å². The lowest BCUT2D eigenvalue weighted by molar-refractivity contribution is -0.163. The van der Waals surface area contributed by atoms with Crippen LogP contribution >= 0.6 is 0 Å². The number of hydrogen-bond donors (Lipinski definition) is 1. The van der Waals surface area contributed by atoms with Crippen molar-refractivity contribution >= 4 is 11.9 Å². The molecule has 0 saturated heterocycles. The second kappa shape index (κ2) is 11.8. The van der Waals surface area contributed by atoms with E-state index in [9.17, 15) is 9.59 Å². The highest BCUT2D eigenvalue weighted by atomic mass is 16.5. The van der Waals surface area contributed by atoms with E-state index in [0.29, 0.717) is 39.1 Å². The Kier molecular flexibility index (Phi) is 9.43. The normalized spacial score (nSPS) is 21.0. The van der Waals surface area contributed by atoms with Gasteiger partial charge in [-0.05, 0) is 63.8 Å². The number of carbonyl (C=O) groups is 2. The lowest BCUT2D eigenvalue weighted by Gasteiger charge is -2.38. The zero-order chi connectivity index (χ0) is 22.0. The molecule has 0 aromatic heterocycles. The Labute approximate surface area is 179 Å². The fourth-order valence-corrected chi connectivity index (χ4v) is 4.15. The third kappa shape index (κ3) is 6.36. The van der Waals surface area contributed by atoms with E-state index in [4.69, 9.17) is 18.9 Å². The minimum Gasteiger partial charge on any atom is -0.497 e. The van der Waals surface area contributed by atoms with Crippen molar-refractivity contribution in [3.8, 4) is 11.5 Å². The number of nitrogens with one attached hydrogen (secondary N) is 1. The van der Waals surface area contributed by atoms with Gasteiger partial charge in [0.25, 0.3) is 0 Å². The molecule has 2 rings (SSSR count). The maximum atomic E-state index is 12.8. The van der Waals surface area contributed by atoms with Crippen molar-refractivity contribution in [2.75, 3.05) is 34.0 Å². The lowest BCUT2D eigenvalue weighted by atomic mass is 9.67. The number of benzene rings is 1. The van der Waals surface area contributed by atoms with Crippen molar-refractivity contribution in [2.45, 2.75) is 52.5 Å². The third-order valence-corrected chi connectivity index (χ3v) is 5.69. The van der Waals surface area contributed by atoms with Gasteiger partial charge in [0.15, 0.2) is 0 Å². The minimum atomic E-state index is -0.648. The van der Waals surface area contributed by atoms with Gasteiger partial charge in [-0.2, -0.15) is 0 Å². The molecule has 2 atom stereocenters. The monoisotopic (exact) mass is 421 g/mol. The Morgan fingerprint density at radius 2 is 1.73 bits per heavy atom. The van der Waals surface area contributed by atoms with Crippen LogP contribution in [0.15, 0.2) is 18.2 Å². The van der Waals surface area contributed by atoms with Crippen LogP contribution in [-0.2, 0) is 25.6 Å². The Bertz CT molecular complexity index is 685. The highest BCUT2D eigenvalue weighted by Crippen LogP contribution is 2.43. The Morgan fingerprint density at radius 1 is 1.07 bits per heavy atom. The first-order valence-corrected chi connectivity index (χ1v) is 10.7. The highest BCUT2D eigenvalue weighted by Gasteiger charge is 2.45. The summed E-state index contributed by atoms with van der Waals surface area (Å²) in [5.41, 5.74) is 0.384. The van der Waals surface area contributed by atoms with Crippen LogP contribution in [0.1, 0.15) is 51.5 Å². The molecular weight excluding hydrogens is 386 g/mol. The van der Waals surface area contributed by atoms with Crippen LogP contribution in [0.3, 0.4) is 0 Å². The van der Waals surface area contributed by atoms with Crippen molar-refractivity contribution in [3.05, 3.63) is 23.8 Å². The molecule has 1 fully saturated rings. The molecule has 1 aromatic rings. The van der Waals surface area contributed by atoms with Crippen molar-refractivity contribution in [1.29, 1.82) is 0 Å². The summed E-state index contributed by atoms with van der Waals surface area (Å²) in [6, 6.07) is 5.73. The predicted molar refractivity (Wildman–Crippen MR) is 114 cm³/mol. The first-order chi connectivity index (χ1) is 14.5. The second-order valence-corrected chi connectivity index (χ2v) is 7.69. The molecule has 0 radical (unpaired) electrons. The van der Waals surface area contributed by atoms with Gasteiger partial charge in [-0.25, -0.2) is 0 Å². The van der Waals surface area contributed by atoms with E-state index in [1.54, 1.807) is 21.1 Å². The zero-order valence-corrected chi connectivity index (χ0v) is 18.6. The number of hydrogen-bond acceptors (Lipinski definition) is 7. The number of rotatable bonds is 11. The van der Waals surface area contributed by atoms with E-state index in [0.717, 1.165) is 36.3 Å². The average molecular weight is 422 g/mol. The van der Waals surface area contributed by atoms with Crippen LogP contribution in [0.4, 0.5) is 0 Å². The molecule has 7 nitrogen and oxygen atoms in total. The molecule has 7 heteroatoms. The molecule has 168 valence electrons. The number of carbonyl (C=O) groups excluding carboxylic acids is 2. The van der Waals surface area contributed by atoms with Gasteiger partial charge in [0.05, 0.1) is 38.8 Å². The zero-order valence-electron chi connectivity index (χ0n) is 18.6. The van der Waals surface area contributed by atoms with Gasteiger partial charge in [-0.3, -0.25) is 9.59 Å². The Morgan fingerprint density at radius 3 is 2.33 bits per heavy atom. The predicted octanol–water partition coefficient (Wildman–Crippen LogP) is 3.49. The van der Waals surface area contributed by atoms with E-state index in [1.807, 2.05) is 25.1 Å². The third-order valence-electron chi connectivity index (χ3n) is 5.69. The average Bonchev–Trinajstić information content (AvgIpc) is 2.77. The van der Waals surface area contributed by atoms with Crippen molar-refractivity contribution in [2.24, 2.45) is 11.3 Å². The molecule has 0 bridgehead atoms. The molecule has 0 unspecified atom stereocenters. The molecule has 0 spiro atoms. The fourth-order valence-electron chi connectivity index (χ4n) is 4.15. The van der Waals surface area contributed by atoms with Gasteiger partial charge in [-0.15, -0.1) is 0 Å². The number of methoxy groups -OCH3 is 2. The molecule has 1 aliphatic rings. The van der Waals surface area contributed by atoms with Gasteiger partial charge in [0, 0.05) is 12.6 Å². The quantitative estimate of drug-likeness (QED) is 0.433. The smallest absolute Gasteiger partial charge is 0.312 e. The molecule has 0 amide bonds. The first-order valence-electron chi connectivity index (χ1n) is 10.7. The Balaban J connectivity index is 2.02. The van der Waals surface area contributed by atoms with Gasteiger partial charge >= 0.3 is 11.9 Å². The molecule has 0 aliphatic heterocycles. The maximum Gasteiger partial charge on any atom is 0.312 e. The lowest BCUT2D eigenvalue weighted by Crippen LogP contribution is -2.42.